The highest BCUT2D eigenvalue weighted by Crippen LogP contribution is 2.32. The van der Waals surface area contributed by atoms with Gasteiger partial charge in [-0.05, 0) is 18.6 Å². The molecule has 0 spiro atoms. The van der Waals surface area contributed by atoms with E-state index in [1.54, 1.807) is 29.2 Å². The van der Waals surface area contributed by atoms with Crippen LogP contribution >= 0.6 is 0 Å². The second kappa shape index (κ2) is 4.41. The Balaban J connectivity index is 2.13. The molecule has 100 valence electrons. The summed E-state index contributed by atoms with van der Waals surface area (Å²) in [6.45, 7) is 1.60. The lowest BCUT2D eigenvalue weighted by atomic mass is 10.1. The number of aromatic nitrogens is 3. The van der Waals surface area contributed by atoms with Crippen LogP contribution in [0.3, 0.4) is 0 Å². The van der Waals surface area contributed by atoms with Crippen molar-refractivity contribution in [3.63, 3.8) is 0 Å². The zero-order valence-electron chi connectivity index (χ0n) is 10.4. The Morgan fingerprint density at radius 3 is 2.79 bits per heavy atom. The molecule has 6 nitrogen and oxygen atoms in total. The number of rotatable bonds is 2. The Bertz CT molecular complexity index is 650. The Morgan fingerprint density at radius 2 is 2.11 bits per heavy atom. The summed E-state index contributed by atoms with van der Waals surface area (Å²) in [5, 5.41) is 29.1. The van der Waals surface area contributed by atoms with Gasteiger partial charge in [-0.3, -0.25) is 4.98 Å². The van der Waals surface area contributed by atoms with Crippen molar-refractivity contribution in [3.8, 4) is 0 Å². The maximum atomic E-state index is 10.1. The summed E-state index contributed by atoms with van der Waals surface area (Å²) in [5.41, 5.74) is 2.86. The molecule has 19 heavy (non-hydrogen) atoms. The van der Waals surface area contributed by atoms with E-state index in [-0.39, 0.29) is 6.61 Å². The Kier molecular flexibility index (Phi) is 2.85. The van der Waals surface area contributed by atoms with Gasteiger partial charge in [0, 0.05) is 6.20 Å². The van der Waals surface area contributed by atoms with Crippen LogP contribution in [0.15, 0.2) is 30.2 Å². The number of hydrogen-bond acceptors (Lipinski definition) is 5. The van der Waals surface area contributed by atoms with E-state index in [1.165, 1.54) is 0 Å². The van der Waals surface area contributed by atoms with Crippen LogP contribution in [0.1, 0.15) is 11.7 Å². The zero-order valence-corrected chi connectivity index (χ0v) is 10.4. The molecule has 2 heterocycles. The summed E-state index contributed by atoms with van der Waals surface area (Å²) in [7, 11) is 0. The quantitative estimate of drug-likeness (QED) is 0.658. The van der Waals surface area contributed by atoms with E-state index in [2.05, 4.69) is 9.97 Å². The number of aryl methyl sites for hydroxylation is 1. The summed E-state index contributed by atoms with van der Waals surface area (Å²) in [6, 6.07) is 1.36. The summed E-state index contributed by atoms with van der Waals surface area (Å²) >= 11 is 0. The first-order chi connectivity index (χ1) is 9.13. The second-order valence-corrected chi connectivity index (χ2v) is 4.74. The average Bonchev–Trinajstić information content (AvgIpc) is 2.94. The molecule has 0 amide bonds. The second-order valence-electron chi connectivity index (χ2n) is 4.74. The Labute approximate surface area is 109 Å². The van der Waals surface area contributed by atoms with Gasteiger partial charge in [0.15, 0.2) is 0 Å². The molecular weight excluding hydrogens is 246 g/mol. The van der Waals surface area contributed by atoms with E-state index >= 15 is 0 Å². The third-order valence-corrected chi connectivity index (χ3v) is 3.61. The van der Waals surface area contributed by atoms with Gasteiger partial charge in [-0.1, -0.05) is 6.08 Å². The summed E-state index contributed by atoms with van der Waals surface area (Å²) < 4.78 is 1.79. The number of fused-ring (bicyclic) bond motifs is 1. The van der Waals surface area contributed by atoms with Crippen molar-refractivity contribution in [3.05, 3.63) is 35.9 Å². The highest BCUT2D eigenvalue weighted by molar-refractivity contribution is 5.77. The lowest BCUT2D eigenvalue weighted by molar-refractivity contribution is 0.0288. The number of hydrogen-bond donors (Lipinski definition) is 3. The molecule has 0 unspecified atom stereocenters. The first kappa shape index (κ1) is 12.3. The predicted molar refractivity (Wildman–Crippen MR) is 68.5 cm³/mol. The minimum absolute atomic E-state index is 0.265. The monoisotopic (exact) mass is 261 g/mol. The van der Waals surface area contributed by atoms with Gasteiger partial charge in [-0.2, -0.15) is 0 Å². The molecule has 0 fully saturated rings. The summed E-state index contributed by atoms with van der Waals surface area (Å²) in [6.07, 6.45) is 2.97. The maximum absolute atomic E-state index is 10.1. The fourth-order valence-corrected chi connectivity index (χ4v) is 2.59. The van der Waals surface area contributed by atoms with Gasteiger partial charge in [0.05, 0.1) is 35.7 Å². The molecule has 3 atom stereocenters. The third kappa shape index (κ3) is 1.76. The van der Waals surface area contributed by atoms with Crippen molar-refractivity contribution in [2.75, 3.05) is 6.61 Å². The molecule has 0 radical (unpaired) electrons. The molecular formula is C13H15N3O3. The average molecular weight is 261 g/mol. The smallest absolute Gasteiger partial charge is 0.108 e. The van der Waals surface area contributed by atoms with Gasteiger partial charge in [-0.25, -0.2) is 4.98 Å². The molecule has 6 heteroatoms. The van der Waals surface area contributed by atoms with Crippen LogP contribution in [0.5, 0.6) is 0 Å². The molecule has 0 saturated heterocycles. The molecule has 0 saturated carbocycles. The van der Waals surface area contributed by atoms with Crippen molar-refractivity contribution < 1.29 is 15.3 Å². The molecule has 0 bridgehead atoms. The molecule has 2 aromatic rings. The lowest BCUT2D eigenvalue weighted by Crippen LogP contribution is -2.30. The van der Waals surface area contributed by atoms with E-state index in [9.17, 15) is 10.2 Å². The van der Waals surface area contributed by atoms with E-state index in [4.69, 9.17) is 5.11 Å². The topological polar surface area (TPSA) is 91.4 Å². The van der Waals surface area contributed by atoms with Crippen molar-refractivity contribution >= 4 is 11.0 Å². The Hall–Kier alpha value is -1.76. The first-order valence-electron chi connectivity index (χ1n) is 6.09. The molecule has 3 N–H and O–H groups in total. The SMILES string of the molecule is Cc1nccc2ncn([C@@H]3C=C(CO)[C@@H](O)[C@H]3O)c12. The molecule has 3 rings (SSSR count). The standard InChI is InChI=1S/C13H15N3O3/c1-7-11-9(2-3-14-7)15-6-16(11)10-4-8(5-17)12(18)13(10)19/h2-4,6,10,12-13,17-19H,5H2,1H3/t10-,12-,13+/m1/s1. The van der Waals surface area contributed by atoms with Crippen LogP contribution in [0, 0.1) is 6.92 Å². The van der Waals surface area contributed by atoms with Gasteiger partial charge in [0.2, 0.25) is 0 Å². The number of nitrogens with zero attached hydrogens (tertiary/aromatic N) is 3. The van der Waals surface area contributed by atoms with Crippen LogP contribution in [-0.2, 0) is 0 Å². The minimum atomic E-state index is -1.04. The van der Waals surface area contributed by atoms with Crippen LogP contribution in [0.4, 0.5) is 0 Å². The van der Waals surface area contributed by atoms with Crippen LogP contribution in [-0.4, -0.2) is 48.7 Å². The predicted octanol–water partition coefficient (Wildman–Crippen LogP) is -0.0651. The van der Waals surface area contributed by atoms with Gasteiger partial charge in [-0.15, -0.1) is 0 Å². The van der Waals surface area contributed by atoms with Gasteiger partial charge < -0.3 is 19.9 Å². The first-order valence-corrected chi connectivity index (χ1v) is 6.09. The summed E-state index contributed by atoms with van der Waals surface area (Å²) in [5.74, 6) is 0. The highest BCUT2D eigenvalue weighted by Gasteiger charge is 2.36. The highest BCUT2D eigenvalue weighted by atomic mass is 16.3. The number of pyridine rings is 1. The van der Waals surface area contributed by atoms with E-state index in [0.717, 1.165) is 16.7 Å². The van der Waals surface area contributed by atoms with E-state index in [1.807, 2.05) is 6.92 Å². The molecule has 1 aliphatic rings. The zero-order chi connectivity index (χ0) is 13.6. The van der Waals surface area contributed by atoms with Crippen LogP contribution in [0.25, 0.3) is 11.0 Å². The lowest BCUT2D eigenvalue weighted by Gasteiger charge is -2.19. The molecule has 1 aliphatic carbocycles. The van der Waals surface area contributed by atoms with E-state index in [0.29, 0.717) is 5.57 Å². The largest absolute Gasteiger partial charge is 0.392 e. The summed E-state index contributed by atoms with van der Waals surface area (Å²) in [4.78, 5) is 8.49. The van der Waals surface area contributed by atoms with Gasteiger partial charge in [0.25, 0.3) is 0 Å². The number of aliphatic hydroxyl groups is 3. The van der Waals surface area contributed by atoms with Gasteiger partial charge >= 0.3 is 0 Å². The van der Waals surface area contributed by atoms with Crippen molar-refractivity contribution in [2.45, 2.75) is 25.2 Å². The number of imidazole rings is 1. The normalized spacial score (nSPS) is 26.9. The minimum Gasteiger partial charge on any atom is -0.392 e. The van der Waals surface area contributed by atoms with Crippen molar-refractivity contribution in [1.82, 2.24) is 14.5 Å². The van der Waals surface area contributed by atoms with Crippen LogP contribution in [0.2, 0.25) is 0 Å². The van der Waals surface area contributed by atoms with E-state index < -0.39 is 18.2 Å². The number of aliphatic hydroxyl groups excluding tert-OH is 3. The van der Waals surface area contributed by atoms with Crippen molar-refractivity contribution in [2.24, 2.45) is 0 Å². The fourth-order valence-electron chi connectivity index (χ4n) is 2.59. The molecule has 2 aromatic heterocycles. The van der Waals surface area contributed by atoms with Gasteiger partial charge in [0.1, 0.15) is 12.2 Å². The fraction of sp³-hybridized carbons (Fsp3) is 0.385. The third-order valence-electron chi connectivity index (χ3n) is 3.61. The molecule has 0 aromatic carbocycles. The molecule has 0 aliphatic heterocycles. The van der Waals surface area contributed by atoms with Crippen molar-refractivity contribution in [1.29, 1.82) is 0 Å². The van der Waals surface area contributed by atoms with Crippen LogP contribution < -0.4 is 0 Å². The Morgan fingerprint density at radius 1 is 1.32 bits per heavy atom. The maximum Gasteiger partial charge on any atom is 0.108 e.